The Morgan fingerprint density at radius 2 is 0.778 bits per heavy atom. The average Bonchev–Trinajstić information content (AvgIpc) is 2.96. The van der Waals surface area contributed by atoms with E-state index in [1.807, 2.05) is 152 Å². The lowest BCUT2D eigenvalue weighted by Crippen LogP contribution is -2.38. The van der Waals surface area contributed by atoms with Crippen molar-refractivity contribution in [3.05, 3.63) is 163 Å². The van der Waals surface area contributed by atoms with Crippen LogP contribution in [0.1, 0.15) is 11.1 Å². The molecule has 5 aromatic rings. The third kappa shape index (κ3) is 5.08. The van der Waals surface area contributed by atoms with Crippen LogP contribution >= 0.6 is 0 Å². The van der Waals surface area contributed by atoms with Crippen molar-refractivity contribution in [1.82, 2.24) is 0 Å². The molecule has 0 saturated carbocycles. The molecule has 0 unspecified atom stereocenters. The fourth-order valence-corrected chi connectivity index (χ4v) is 3.97. The van der Waals surface area contributed by atoms with E-state index in [0.717, 1.165) is 22.5 Å². The molecule has 0 aliphatic rings. The van der Waals surface area contributed by atoms with E-state index in [-0.39, 0.29) is 6.03 Å². The number of anilines is 3. The van der Waals surface area contributed by atoms with E-state index < -0.39 is 0 Å². The molecule has 36 heavy (non-hydrogen) atoms. The maximum absolute atomic E-state index is 14.4. The van der Waals surface area contributed by atoms with Crippen LogP contribution in [0.2, 0.25) is 0 Å². The van der Waals surface area contributed by atoms with Crippen molar-refractivity contribution in [2.75, 3.05) is 9.91 Å². The zero-order chi connectivity index (χ0) is 24.6. The highest BCUT2D eigenvalue weighted by molar-refractivity contribution is 6.16. The van der Waals surface area contributed by atoms with Gasteiger partial charge in [-0.1, -0.05) is 115 Å². The predicted molar refractivity (Wildman–Crippen MR) is 148 cm³/mol. The number of carbonyl (C=O) groups excluding carboxylic acids is 1. The Labute approximate surface area is 211 Å². The minimum atomic E-state index is -0.289. The summed E-state index contributed by atoms with van der Waals surface area (Å²) < 4.78 is 0. The van der Waals surface area contributed by atoms with Crippen LogP contribution in [0.4, 0.5) is 21.9 Å². The highest BCUT2D eigenvalue weighted by Crippen LogP contribution is 2.29. The summed E-state index contributed by atoms with van der Waals surface area (Å²) in [4.78, 5) is 16.1. The van der Waals surface area contributed by atoms with E-state index >= 15 is 0 Å². The third-order valence-corrected chi connectivity index (χ3v) is 5.70. The molecule has 0 aliphatic heterocycles. The summed E-state index contributed by atoms with van der Waals surface area (Å²) in [7, 11) is 0. The summed E-state index contributed by atoms with van der Waals surface area (Å²) in [6.45, 7) is 0. The molecule has 0 radical (unpaired) electrons. The van der Waals surface area contributed by atoms with E-state index in [4.69, 9.17) is 5.10 Å². The molecule has 0 N–H and O–H groups in total. The van der Waals surface area contributed by atoms with Gasteiger partial charge in [-0.3, -0.25) is 4.90 Å². The van der Waals surface area contributed by atoms with Crippen molar-refractivity contribution >= 4 is 28.8 Å². The normalized spacial score (nSPS) is 10.3. The number of benzene rings is 5. The number of amides is 2. The number of nitrogens with zero attached hydrogens (tertiary/aromatic N) is 3. The molecule has 0 bridgehead atoms. The van der Waals surface area contributed by atoms with Gasteiger partial charge in [-0.25, -0.2) is 4.79 Å². The molecule has 5 aromatic carbocycles. The Kier molecular flexibility index (Phi) is 6.96. The predicted octanol–water partition coefficient (Wildman–Crippen LogP) is 7.90. The standard InChI is InChI=1S/C32H25N3O/c36-32(34(28-20-10-3-11-21-28)29-22-12-4-13-23-29)35(30-24-14-5-15-25-30)33-31(26-16-6-1-7-17-26)27-18-8-2-9-19-27/h1-25H. The highest BCUT2D eigenvalue weighted by Gasteiger charge is 2.26. The van der Waals surface area contributed by atoms with Gasteiger partial charge in [-0.15, -0.1) is 0 Å². The van der Waals surface area contributed by atoms with Crippen LogP contribution in [0.15, 0.2) is 157 Å². The number of rotatable bonds is 6. The molecular weight excluding hydrogens is 442 g/mol. The van der Waals surface area contributed by atoms with E-state index in [1.54, 1.807) is 4.90 Å². The smallest absolute Gasteiger partial charge is 0.261 e. The fraction of sp³-hybridized carbons (Fsp3) is 0. The molecule has 0 atom stereocenters. The first-order chi connectivity index (χ1) is 17.8. The number of urea groups is 1. The molecule has 2 amide bonds. The molecule has 0 spiro atoms. The molecule has 4 nitrogen and oxygen atoms in total. The zero-order valence-corrected chi connectivity index (χ0v) is 19.7. The molecule has 0 aliphatic carbocycles. The number of hydrogen-bond acceptors (Lipinski definition) is 2. The van der Waals surface area contributed by atoms with Crippen LogP contribution in [0.5, 0.6) is 0 Å². The van der Waals surface area contributed by atoms with E-state index in [9.17, 15) is 4.79 Å². The summed E-state index contributed by atoms with van der Waals surface area (Å²) in [5, 5.41) is 6.50. The van der Waals surface area contributed by atoms with Crippen LogP contribution in [-0.2, 0) is 0 Å². The summed E-state index contributed by atoms with van der Waals surface area (Å²) in [5.41, 5.74) is 4.72. The number of hydrogen-bond donors (Lipinski definition) is 0. The molecule has 5 rings (SSSR count). The van der Waals surface area contributed by atoms with Crippen molar-refractivity contribution in [2.45, 2.75) is 0 Å². The third-order valence-electron chi connectivity index (χ3n) is 5.70. The summed E-state index contributed by atoms with van der Waals surface area (Å²) in [5.74, 6) is 0. The van der Waals surface area contributed by atoms with Crippen molar-refractivity contribution in [3.8, 4) is 0 Å². The highest BCUT2D eigenvalue weighted by atomic mass is 16.2. The first-order valence-electron chi connectivity index (χ1n) is 11.8. The fourth-order valence-electron chi connectivity index (χ4n) is 3.97. The number of carbonyl (C=O) groups is 1. The van der Waals surface area contributed by atoms with Gasteiger partial charge in [-0.05, 0) is 36.4 Å². The van der Waals surface area contributed by atoms with Gasteiger partial charge in [0.15, 0.2) is 0 Å². The van der Waals surface area contributed by atoms with Crippen molar-refractivity contribution in [2.24, 2.45) is 5.10 Å². The van der Waals surface area contributed by atoms with Crippen molar-refractivity contribution < 1.29 is 4.79 Å². The van der Waals surface area contributed by atoms with Gasteiger partial charge in [0.2, 0.25) is 0 Å². The maximum Gasteiger partial charge on any atom is 0.354 e. The first kappa shape index (κ1) is 22.8. The van der Waals surface area contributed by atoms with Gasteiger partial charge < -0.3 is 0 Å². The SMILES string of the molecule is O=C(N(N=C(c1ccccc1)c1ccccc1)c1ccccc1)N(c1ccccc1)c1ccccc1. The Morgan fingerprint density at radius 1 is 0.444 bits per heavy atom. The quantitative estimate of drug-likeness (QED) is 0.185. The molecule has 0 fully saturated rings. The van der Waals surface area contributed by atoms with Gasteiger partial charge in [-0.2, -0.15) is 10.1 Å². The second kappa shape index (κ2) is 11.0. The average molecular weight is 468 g/mol. The van der Waals surface area contributed by atoms with Crippen molar-refractivity contribution in [1.29, 1.82) is 0 Å². The topological polar surface area (TPSA) is 35.9 Å². The van der Waals surface area contributed by atoms with Crippen LogP contribution in [0, 0.1) is 0 Å². The molecule has 0 aromatic heterocycles. The van der Waals surface area contributed by atoms with Crippen molar-refractivity contribution in [3.63, 3.8) is 0 Å². The van der Waals surface area contributed by atoms with Crippen LogP contribution in [0.3, 0.4) is 0 Å². The largest absolute Gasteiger partial charge is 0.354 e. The van der Waals surface area contributed by atoms with Crippen LogP contribution in [-0.4, -0.2) is 11.7 Å². The summed E-state index contributed by atoms with van der Waals surface area (Å²) in [6, 6.07) is 48.4. The second-order valence-electron chi connectivity index (χ2n) is 8.12. The molecule has 4 heteroatoms. The van der Waals surface area contributed by atoms with E-state index in [2.05, 4.69) is 0 Å². The van der Waals surface area contributed by atoms with Gasteiger partial charge in [0.05, 0.1) is 22.8 Å². The van der Waals surface area contributed by atoms with Crippen LogP contribution < -0.4 is 9.91 Å². The monoisotopic (exact) mass is 467 g/mol. The lowest BCUT2D eigenvalue weighted by molar-refractivity contribution is 0.254. The summed E-state index contributed by atoms with van der Waals surface area (Å²) >= 11 is 0. The maximum atomic E-state index is 14.4. The minimum Gasteiger partial charge on any atom is -0.261 e. The molecule has 174 valence electrons. The Morgan fingerprint density at radius 3 is 1.17 bits per heavy atom. The lowest BCUT2D eigenvalue weighted by Gasteiger charge is -2.28. The van der Waals surface area contributed by atoms with Gasteiger partial charge in [0.25, 0.3) is 0 Å². The van der Waals surface area contributed by atoms with E-state index in [1.165, 1.54) is 5.01 Å². The van der Waals surface area contributed by atoms with Gasteiger partial charge in [0.1, 0.15) is 0 Å². The lowest BCUT2D eigenvalue weighted by atomic mass is 10.0. The number of para-hydroxylation sites is 3. The first-order valence-corrected chi connectivity index (χ1v) is 11.8. The van der Waals surface area contributed by atoms with Crippen LogP contribution in [0.25, 0.3) is 0 Å². The van der Waals surface area contributed by atoms with Gasteiger partial charge >= 0.3 is 6.03 Å². The second-order valence-corrected chi connectivity index (χ2v) is 8.12. The Balaban J connectivity index is 1.70. The summed E-state index contributed by atoms with van der Waals surface area (Å²) in [6.07, 6.45) is 0. The Bertz CT molecular complexity index is 1340. The Hall–Kier alpha value is -4.96. The zero-order valence-electron chi connectivity index (χ0n) is 19.7. The molecule has 0 saturated heterocycles. The molecular formula is C32H25N3O. The molecule has 0 heterocycles. The van der Waals surface area contributed by atoms with Gasteiger partial charge in [0, 0.05) is 11.1 Å². The van der Waals surface area contributed by atoms with E-state index in [0.29, 0.717) is 11.4 Å². The number of hydrazone groups is 1. The minimum absolute atomic E-state index is 0.289.